The van der Waals surface area contributed by atoms with E-state index in [1.807, 2.05) is 29.6 Å². The Hall–Kier alpha value is -3.00. The van der Waals surface area contributed by atoms with Crippen molar-refractivity contribution in [1.82, 2.24) is 19.2 Å². The number of carbonyl (C=O) groups excluding carboxylic acids is 1. The fourth-order valence-electron chi connectivity index (χ4n) is 2.51. The van der Waals surface area contributed by atoms with E-state index in [9.17, 15) is 9.59 Å². The van der Waals surface area contributed by atoms with E-state index >= 15 is 0 Å². The maximum absolute atomic E-state index is 12.3. The SMILES string of the molecule is O=C(CCn1cnc2sccc2c1=O)Nn1cnc2ccccc21. The molecule has 1 N–H and O–H groups in total. The average Bonchev–Trinajstić information content (AvgIpc) is 3.22. The molecule has 0 spiro atoms. The van der Waals surface area contributed by atoms with Gasteiger partial charge in [-0.3, -0.25) is 19.6 Å². The molecule has 1 aromatic carbocycles. The van der Waals surface area contributed by atoms with Crippen LogP contribution in [0.1, 0.15) is 6.42 Å². The molecule has 1 amide bonds. The quantitative estimate of drug-likeness (QED) is 0.616. The summed E-state index contributed by atoms with van der Waals surface area (Å²) in [6.45, 7) is 0.274. The van der Waals surface area contributed by atoms with Crippen molar-refractivity contribution in [2.45, 2.75) is 13.0 Å². The maximum atomic E-state index is 12.3. The highest BCUT2D eigenvalue weighted by atomic mass is 32.1. The lowest BCUT2D eigenvalue weighted by atomic mass is 10.3. The van der Waals surface area contributed by atoms with Crippen molar-refractivity contribution in [3.8, 4) is 0 Å². The van der Waals surface area contributed by atoms with Gasteiger partial charge in [0.1, 0.15) is 11.2 Å². The molecule has 0 aliphatic carbocycles. The first-order valence-electron chi connectivity index (χ1n) is 7.37. The number of hydrogen-bond acceptors (Lipinski definition) is 5. The molecule has 0 bridgehead atoms. The Balaban J connectivity index is 1.48. The zero-order valence-corrected chi connectivity index (χ0v) is 13.4. The first kappa shape index (κ1) is 14.6. The van der Waals surface area contributed by atoms with E-state index in [1.54, 1.807) is 17.1 Å². The van der Waals surface area contributed by atoms with E-state index in [2.05, 4.69) is 15.4 Å². The number of aryl methyl sites for hydroxylation is 1. The molecular formula is C16H13N5O2S. The zero-order valence-electron chi connectivity index (χ0n) is 12.5. The summed E-state index contributed by atoms with van der Waals surface area (Å²) in [5.41, 5.74) is 4.28. The minimum Gasteiger partial charge on any atom is -0.298 e. The van der Waals surface area contributed by atoms with Crippen molar-refractivity contribution in [3.05, 3.63) is 58.7 Å². The van der Waals surface area contributed by atoms with Gasteiger partial charge < -0.3 is 0 Å². The van der Waals surface area contributed by atoms with E-state index in [0.717, 1.165) is 11.0 Å². The van der Waals surface area contributed by atoms with Crippen LogP contribution < -0.4 is 11.0 Å². The summed E-state index contributed by atoms with van der Waals surface area (Å²) in [7, 11) is 0. The van der Waals surface area contributed by atoms with Gasteiger partial charge in [-0.25, -0.2) is 14.6 Å². The topological polar surface area (TPSA) is 81.8 Å². The second-order valence-corrected chi connectivity index (χ2v) is 6.17. The first-order chi connectivity index (χ1) is 11.7. The van der Waals surface area contributed by atoms with Crippen LogP contribution in [0.25, 0.3) is 21.3 Å². The number of nitrogens with one attached hydrogen (secondary N) is 1. The van der Waals surface area contributed by atoms with Gasteiger partial charge in [-0.15, -0.1) is 11.3 Å². The molecule has 8 heteroatoms. The average molecular weight is 339 g/mol. The largest absolute Gasteiger partial charge is 0.298 e. The van der Waals surface area contributed by atoms with Crippen LogP contribution in [0.4, 0.5) is 0 Å². The summed E-state index contributed by atoms with van der Waals surface area (Å²) in [5.74, 6) is -0.199. The minimum atomic E-state index is -0.199. The van der Waals surface area contributed by atoms with Gasteiger partial charge in [-0.05, 0) is 23.6 Å². The van der Waals surface area contributed by atoms with Gasteiger partial charge in [-0.1, -0.05) is 12.1 Å². The van der Waals surface area contributed by atoms with Gasteiger partial charge in [0.25, 0.3) is 5.56 Å². The third kappa shape index (κ3) is 2.56. The molecule has 0 saturated carbocycles. The summed E-state index contributed by atoms with van der Waals surface area (Å²) < 4.78 is 3.04. The molecule has 3 aromatic heterocycles. The van der Waals surface area contributed by atoms with E-state index in [-0.39, 0.29) is 24.4 Å². The summed E-state index contributed by atoms with van der Waals surface area (Å²) in [4.78, 5) is 33.6. The standard InChI is InChI=1S/C16H13N5O2S/c22-14(19-21-10-17-12-3-1-2-4-13(12)21)5-7-20-9-18-15-11(16(20)23)6-8-24-15/h1-4,6,8-10H,5,7H2,(H,19,22). The zero-order chi connectivity index (χ0) is 16.5. The molecule has 24 heavy (non-hydrogen) atoms. The van der Waals surface area contributed by atoms with Gasteiger partial charge in [0.05, 0.1) is 22.7 Å². The van der Waals surface area contributed by atoms with Crippen molar-refractivity contribution in [3.63, 3.8) is 0 Å². The highest BCUT2D eigenvalue weighted by Crippen LogP contribution is 2.13. The predicted molar refractivity (Wildman–Crippen MR) is 92.6 cm³/mol. The Labute approximate surface area is 140 Å². The highest BCUT2D eigenvalue weighted by Gasteiger charge is 2.09. The fraction of sp³-hybridized carbons (Fsp3) is 0.125. The predicted octanol–water partition coefficient (Wildman–Crippen LogP) is 1.97. The summed E-state index contributed by atoms with van der Waals surface area (Å²) in [6, 6.07) is 9.28. The molecule has 0 radical (unpaired) electrons. The lowest BCUT2D eigenvalue weighted by molar-refractivity contribution is -0.117. The van der Waals surface area contributed by atoms with Crippen LogP contribution in [0.2, 0.25) is 0 Å². The van der Waals surface area contributed by atoms with Crippen LogP contribution in [0.5, 0.6) is 0 Å². The second-order valence-electron chi connectivity index (χ2n) is 5.27. The molecule has 0 saturated heterocycles. The molecule has 7 nitrogen and oxygen atoms in total. The molecule has 0 aliphatic heterocycles. The first-order valence-corrected chi connectivity index (χ1v) is 8.25. The number of thiophene rings is 1. The molecule has 0 aliphatic rings. The van der Waals surface area contributed by atoms with Crippen molar-refractivity contribution < 1.29 is 4.79 Å². The van der Waals surface area contributed by atoms with Crippen LogP contribution >= 0.6 is 11.3 Å². The van der Waals surface area contributed by atoms with Gasteiger partial charge in [0, 0.05) is 13.0 Å². The number of imidazole rings is 1. The molecule has 120 valence electrons. The Kier molecular flexibility index (Phi) is 3.58. The number of carbonyl (C=O) groups is 1. The van der Waals surface area contributed by atoms with Crippen LogP contribution in [0.3, 0.4) is 0 Å². The number of nitrogens with zero attached hydrogens (tertiary/aromatic N) is 4. The van der Waals surface area contributed by atoms with Crippen LogP contribution in [0.15, 0.2) is 53.2 Å². The van der Waals surface area contributed by atoms with E-state index in [4.69, 9.17) is 0 Å². The Morgan fingerprint density at radius 2 is 2.04 bits per heavy atom. The fourth-order valence-corrected chi connectivity index (χ4v) is 3.24. The minimum absolute atomic E-state index is 0.123. The second kappa shape index (κ2) is 5.89. The van der Waals surface area contributed by atoms with Crippen molar-refractivity contribution >= 4 is 38.5 Å². The molecule has 0 fully saturated rings. The molecule has 0 unspecified atom stereocenters. The van der Waals surface area contributed by atoms with Gasteiger partial charge in [0.2, 0.25) is 5.91 Å². The monoisotopic (exact) mass is 339 g/mol. The number of aromatic nitrogens is 4. The summed E-state index contributed by atoms with van der Waals surface area (Å²) in [5, 5.41) is 2.42. The molecule has 3 heterocycles. The Morgan fingerprint density at radius 3 is 2.96 bits per heavy atom. The highest BCUT2D eigenvalue weighted by molar-refractivity contribution is 7.16. The molecule has 4 aromatic rings. The number of hydrogen-bond donors (Lipinski definition) is 1. The van der Waals surface area contributed by atoms with E-state index < -0.39 is 0 Å². The number of fused-ring (bicyclic) bond motifs is 2. The van der Waals surface area contributed by atoms with E-state index in [1.165, 1.54) is 22.2 Å². The normalized spacial score (nSPS) is 11.2. The number of para-hydroxylation sites is 2. The lowest BCUT2D eigenvalue weighted by Crippen LogP contribution is -2.26. The number of benzene rings is 1. The third-order valence-electron chi connectivity index (χ3n) is 3.73. The van der Waals surface area contributed by atoms with Crippen LogP contribution in [-0.4, -0.2) is 25.1 Å². The van der Waals surface area contributed by atoms with Crippen molar-refractivity contribution in [2.24, 2.45) is 0 Å². The third-order valence-corrected chi connectivity index (χ3v) is 4.55. The van der Waals surface area contributed by atoms with Gasteiger partial charge in [0.15, 0.2) is 0 Å². The smallest absolute Gasteiger partial charge is 0.262 e. The molecular weight excluding hydrogens is 326 g/mol. The van der Waals surface area contributed by atoms with Crippen LogP contribution in [-0.2, 0) is 11.3 Å². The lowest BCUT2D eigenvalue weighted by Gasteiger charge is -2.08. The number of amides is 1. The molecule has 4 rings (SSSR count). The van der Waals surface area contributed by atoms with Crippen molar-refractivity contribution in [2.75, 3.05) is 5.43 Å². The van der Waals surface area contributed by atoms with E-state index in [0.29, 0.717) is 10.2 Å². The molecule has 0 atom stereocenters. The summed E-state index contributed by atoms with van der Waals surface area (Å²) >= 11 is 1.42. The van der Waals surface area contributed by atoms with Gasteiger partial charge in [-0.2, -0.15) is 0 Å². The van der Waals surface area contributed by atoms with Gasteiger partial charge >= 0.3 is 0 Å². The maximum Gasteiger partial charge on any atom is 0.262 e. The van der Waals surface area contributed by atoms with Crippen LogP contribution in [0, 0.1) is 0 Å². The van der Waals surface area contributed by atoms with Crippen molar-refractivity contribution in [1.29, 1.82) is 0 Å². The number of rotatable bonds is 4. The summed E-state index contributed by atoms with van der Waals surface area (Å²) in [6.07, 6.45) is 3.22. The Bertz CT molecular complexity index is 1090. The Morgan fingerprint density at radius 1 is 1.17 bits per heavy atom.